The van der Waals surface area contributed by atoms with Gasteiger partial charge in [-0.05, 0) is 35.6 Å². The zero-order valence-corrected chi connectivity index (χ0v) is 35.8. The molecule has 1 radical (unpaired) electrons. The second kappa shape index (κ2) is 16.3. The quantitative estimate of drug-likeness (QED) is 0.0925. The molecule has 0 saturated heterocycles. The summed E-state index contributed by atoms with van der Waals surface area (Å²) in [5, 5.41) is 2.25. The first kappa shape index (κ1) is 38.4. The van der Waals surface area contributed by atoms with E-state index in [0.717, 1.165) is 73.5 Å². The topological polar surface area (TPSA) is 20.9 Å². The average molecular weight is 936 g/mol. The van der Waals surface area contributed by atoms with Crippen LogP contribution in [0.3, 0.4) is 0 Å². The SMILES string of the molecule is [CH2-]c1ccc2c(oc3cc(-c4ccccc4)ccc32)c1-c1cc(CC2CCCCC2)cc[n+]1[CH2-].[CH2-]c1ccccc1-c1cc[c]([Ge]([CH3])([CH3])[CH3])c[n+]1[CH2-].[Ir]. The van der Waals surface area contributed by atoms with Crippen LogP contribution in [0.25, 0.3) is 55.6 Å². The maximum atomic E-state index is 6.54. The molecule has 0 aliphatic heterocycles. The molecule has 1 aliphatic carbocycles. The minimum absolute atomic E-state index is 0. The Bertz CT molecular complexity index is 2350. The van der Waals surface area contributed by atoms with Crippen molar-refractivity contribution in [3.63, 3.8) is 0 Å². The Labute approximate surface area is 332 Å². The molecule has 273 valence electrons. The molecule has 0 spiro atoms. The van der Waals surface area contributed by atoms with Gasteiger partial charge in [0.2, 0.25) is 0 Å². The van der Waals surface area contributed by atoms with Gasteiger partial charge in [0.25, 0.3) is 0 Å². The first-order chi connectivity index (χ1) is 25.1. The molecule has 8 rings (SSSR count). The third-order valence-corrected chi connectivity index (χ3v) is 14.9. The molecule has 53 heavy (non-hydrogen) atoms. The number of aromatic nitrogens is 2. The summed E-state index contributed by atoms with van der Waals surface area (Å²) in [7, 11) is 8.42. The molecule has 0 amide bonds. The third kappa shape index (κ3) is 8.41. The summed E-state index contributed by atoms with van der Waals surface area (Å²) < 4.78 is 11.9. The van der Waals surface area contributed by atoms with Gasteiger partial charge in [-0.15, -0.1) is 6.07 Å². The summed E-state index contributed by atoms with van der Waals surface area (Å²) in [6.45, 7) is 8.45. The van der Waals surface area contributed by atoms with Crippen LogP contribution in [0.1, 0.15) is 48.8 Å². The monoisotopic (exact) mass is 937 g/mol. The van der Waals surface area contributed by atoms with Crippen molar-refractivity contribution in [2.75, 3.05) is 0 Å². The van der Waals surface area contributed by atoms with E-state index in [4.69, 9.17) is 4.42 Å². The predicted octanol–water partition coefficient (Wildman–Crippen LogP) is 11.2. The average Bonchev–Trinajstić information content (AvgIpc) is 3.51. The second-order valence-electron chi connectivity index (χ2n) is 15.4. The van der Waals surface area contributed by atoms with Gasteiger partial charge in [0.15, 0.2) is 0 Å². The normalized spacial score (nSPS) is 13.3. The van der Waals surface area contributed by atoms with Gasteiger partial charge < -0.3 is 8.98 Å². The van der Waals surface area contributed by atoms with Crippen molar-refractivity contribution >= 4 is 39.6 Å². The number of rotatable bonds is 6. The number of pyridine rings is 2. The molecule has 3 nitrogen and oxygen atoms in total. The molecule has 1 aliphatic rings. The minimum Gasteiger partial charge on any atom is 0 e. The molecule has 0 N–H and O–H groups in total. The molecule has 3 heterocycles. The van der Waals surface area contributed by atoms with E-state index in [-0.39, 0.29) is 20.1 Å². The first-order valence-corrected chi connectivity index (χ1v) is 25.9. The second-order valence-corrected chi connectivity index (χ2v) is 26.1. The summed E-state index contributed by atoms with van der Waals surface area (Å²) in [6.07, 6.45) is 12.2. The van der Waals surface area contributed by atoms with Crippen molar-refractivity contribution in [2.45, 2.75) is 55.8 Å². The van der Waals surface area contributed by atoms with E-state index in [0.29, 0.717) is 0 Å². The van der Waals surface area contributed by atoms with Gasteiger partial charge in [0.05, 0.1) is 17.5 Å². The van der Waals surface area contributed by atoms with E-state index in [2.05, 4.69) is 143 Å². The van der Waals surface area contributed by atoms with Gasteiger partial charge in [0.1, 0.15) is 5.58 Å². The summed E-state index contributed by atoms with van der Waals surface area (Å²) in [4.78, 5) is 0. The van der Waals surface area contributed by atoms with Gasteiger partial charge >= 0.3 is 113 Å². The van der Waals surface area contributed by atoms with Crippen LogP contribution in [0.2, 0.25) is 17.3 Å². The standard InChI is InChI=1S/C32H30NO.C16H20GeN.Ir/c1-22-13-15-28-27-16-14-26(25-11-7-4-8-12-25)21-30(27)34-32(28)31(22)29-20-24(17-18-33(29)2)19-23-9-5-3-6-10-23;1-13-8-6-7-9-15(13)16-11-10-14(12-18(16)5)17(2,3)4;/h4,7-8,11-18,20-21,23H,1-3,5-6,9-10,19H2;6-12H,1,5H2,2-4H3;/q2*-1;. The van der Waals surface area contributed by atoms with Crippen LogP contribution >= 0.6 is 0 Å². The summed E-state index contributed by atoms with van der Waals surface area (Å²) in [5.74, 6) is 7.97. The van der Waals surface area contributed by atoms with Gasteiger partial charge in [-0.3, -0.25) is 0 Å². The molecule has 3 aromatic heterocycles. The van der Waals surface area contributed by atoms with E-state index in [1.807, 2.05) is 33.4 Å². The number of benzene rings is 4. The Morgan fingerprint density at radius 1 is 0.679 bits per heavy atom. The van der Waals surface area contributed by atoms with Crippen molar-refractivity contribution < 1.29 is 33.7 Å². The molecular formula is C48H50GeIrN2O-2. The number of hydrogen-bond donors (Lipinski definition) is 0. The van der Waals surface area contributed by atoms with Gasteiger partial charge in [-0.2, -0.15) is 18.6 Å². The largest absolute Gasteiger partial charge is 0 e. The molecule has 5 heteroatoms. The Balaban J connectivity index is 0.000000215. The van der Waals surface area contributed by atoms with Gasteiger partial charge in [0, 0.05) is 37.9 Å². The number of furan rings is 1. The maximum Gasteiger partial charge on any atom is 0 e. The van der Waals surface area contributed by atoms with Crippen LogP contribution in [0.4, 0.5) is 0 Å². The van der Waals surface area contributed by atoms with Gasteiger partial charge in [-0.25, -0.2) is 0 Å². The van der Waals surface area contributed by atoms with Crippen molar-refractivity contribution in [3.8, 4) is 33.6 Å². The van der Waals surface area contributed by atoms with Crippen LogP contribution in [0, 0.1) is 33.9 Å². The van der Waals surface area contributed by atoms with Crippen LogP contribution < -0.4 is 13.5 Å². The molecule has 1 fully saturated rings. The summed E-state index contributed by atoms with van der Waals surface area (Å²) in [5.41, 5.74) is 11.9. The molecule has 0 bridgehead atoms. The van der Waals surface area contributed by atoms with E-state index in [1.54, 1.807) is 0 Å². The first-order valence-electron chi connectivity index (χ1n) is 18.6. The van der Waals surface area contributed by atoms with Crippen molar-refractivity contribution in [2.24, 2.45) is 5.92 Å². The van der Waals surface area contributed by atoms with Crippen molar-refractivity contribution in [1.29, 1.82) is 0 Å². The molecule has 0 atom stereocenters. The summed E-state index contributed by atoms with van der Waals surface area (Å²) in [6, 6.07) is 38.3. The Kier molecular flexibility index (Phi) is 11.8. The third-order valence-electron chi connectivity index (χ3n) is 10.6. The van der Waals surface area contributed by atoms with Gasteiger partial charge in [-0.1, -0.05) is 91.8 Å². The van der Waals surface area contributed by atoms with Crippen LogP contribution in [-0.2, 0) is 26.5 Å². The number of nitrogens with zero attached hydrogens (tertiary/aromatic N) is 2. The molecule has 4 aromatic carbocycles. The molecular weight excluding hydrogens is 885 g/mol. The smallest absolute Gasteiger partial charge is 0 e. The zero-order valence-electron chi connectivity index (χ0n) is 31.3. The zero-order chi connectivity index (χ0) is 36.4. The number of hydrogen-bond acceptors (Lipinski definition) is 1. The Hall–Kier alpha value is -4.35. The number of fused-ring (bicyclic) bond motifs is 3. The van der Waals surface area contributed by atoms with Crippen molar-refractivity contribution in [3.05, 3.63) is 166 Å². The molecule has 1 saturated carbocycles. The van der Waals surface area contributed by atoms with Crippen molar-refractivity contribution in [1.82, 2.24) is 0 Å². The van der Waals surface area contributed by atoms with Crippen LogP contribution in [-0.4, -0.2) is 13.3 Å². The maximum absolute atomic E-state index is 6.54. The molecule has 7 aromatic rings. The predicted molar refractivity (Wildman–Crippen MR) is 221 cm³/mol. The van der Waals surface area contributed by atoms with E-state index >= 15 is 0 Å². The van der Waals surface area contributed by atoms with E-state index < -0.39 is 13.3 Å². The Morgan fingerprint density at radius 2 is 1.40 bits per heavy atom. The minimum atomic E-state index is -1.78. The molecule has 0 unspecified atom stereocenters. The van der Waals surface area contributed by atoms with E-state index in [9.17, 15) is 0 Å². The van der Waals surface area contributed by atoms with Crippen LogP contribution in [0.5, 0.6) is 0 Å². The Morgan fingerprint density at radius 3 is 2.11 bits per heavy atom. The fourth-order valence-corrected chi connectivity index (χ4v) is 9.98. The van der Waals surface area contributed by atoms with Crippen LogP contribution in [0.15, 0.2) is 126 Å². The fraction of sp³-hybridized carbons (Fsp3) is 0.208. The summed E-state index contributed by atoms with van der Waals surface area (Å²) >= 11 is -1.78. The fourth-order valence-electron chi connectivity index (χ4n) is 7.62. The van der Waals surface area contributed by atoms with E-state index in [1.165, 1.54) is 47.6 Å².